The highest BCUT2D eigenvalue weighted by molar-refractivity contribution is 6.31. The molecule has 19 heavy (non-hydrogen) atoms. The normalized spacial score (nSPS) is 26.3. The largest absolute Gasteiger partial charge is 0.311 e. The monoisotopic (exact) mass is 281 g/mol. The van der Waals surface area contributed by atoms with Crippen molar-refractivity contribution in [2.24, 2.45) is 5.92 Å². The third-order valence-electron chi connectivity index (χ3n) is 4.18. The lowest BCUT2D eigenvalue weighted by atomic mass is 9.94. The van der Waals surface area contributed by atoms with Gasteiger partial charge in [0, 0.05) is 44.1 Å². The fourth-order valence-electron chi connectivity index (χ4n) is 2.77. The Morgan fingerprint density at radius 1 is 1.58 bits per heavy atom. The van der Waals surface area contributed by atoms with Crippen molar-refractivity contribution in [3.8, 4) is 0 Å². The molecule has 2 rings (SSSR count). The Balaban J connectivity index is 2.12. The molecule has 1 fully saturated rings. The zero-order chi connectivity index (χ0) is 13.8. The van der Waals surface area contributed by atoms with Crippen LogP contribution < -0.4 is 5.32 Å². The molecule has 0 aromatic carbocycles. The van der Waals surface area contributed by atoms with Crippen LogP contribution in [0.2, 0.25) is 5.02 Å². The number of hydrogen-bond donors (Lipinski definition) is 1. The average Bonchev–Trinajstić information content (AvgIpc) is 2.41. The van der Waals surface area contributed by atoms with E-state index in [1.54, 1.807) is 6.20 Å². The summed E-state index contributed by atoms with van der Waals surface area (Å²) in [6.07, 6.45) is 4.77. The fraction of sp³-hybridized carbons (Fsp3) is 0.667. The van der Waals surface area contributed by atoms with Crippen molar-refractivity contribution in [3.05, 3.63) is 29.0 Å². The SMILES string of the molecule is CCC(C)C1CNC(C)CN1Cc1ccncc1Cl. The summed E-state index contributed by atoms with van der Waals surface area (Å²) >= 11 is 6.24. The first-order valence-electron chi connectivity index (χ1n) is 7.17. The first kappa shape index (κ1) is 14.8. The van der Waals surface area contributed by atoms with Crippen LogP contribution in [0.4, 0.5) is 0 Å². The average molecular weight is 282 g/mol. The van der Waals surface area contributed by atoms with E-state index in [0.717, 1.165) is 24.7 Å². The molecule has 1 aromatic rings. The van der Waals surface area contributed by atoms with E-state index in [-0.39, 0.29) is 0 Å². The second-order valence-corrected chi connectivity index (χ2v) is 6.07. The first-order chi connectivity index (χ1) is 9.11. The zero-order valence-corrected chi connectivity index (χ0v) is 12.8. The lowest BCUT2D eigenvalue weighted by Gasteiger charge is -2.42. The van der Waals surface area contributed by atoms with Crippen molar-refractivity contribution in [3.63, 3.8) is 0 Å². The van der Waals surface area contributed by atoms with E-state index in [1.807, 2.05) is 12.3 Å². The Morgan fingerprint density at radius 3 is 3.05 bits per heavy atom. The van der Waals surface area contributed by atoms with Gasteiger partial charge in [0.1, 0.15) is 0 Å². The Bertz CT molecular complexity index is 410. The summed E-state index contributed by atoms with van der Waals surface area (Å²) in [5.74, 6) is 0.695. The minimum Gasteiger partial charge on any atom is -0.311 e. The molecule has 1 aliphatic heterocycles. The molecule has 0 saturated carbocycles. The van der Waals surface area contributed by atoms with Crippen molar-refractivity contribution in [2.75, 3.05) is 13.1 Å². The van der Waals surface area contributed by atoms with E-state index in [4.69, 9.17) is 11.6 Å². The highest BCUT2D eigenvalue weighted by Gasteiger charge is 2.29. The van der Waals surface area contributed by atoms with Gasteiger partial charge in [0.15, 0.2) is 0 Å². The summed E-state index contributed by atoms with van der Waals surface area (Å²) < 4.78 is 0. The molecule has 3 nitrogen and oxygen atoms in total. The maximum atomic E-state index is 6.24. The first-order valence-corrected chi connectivity index (χ1v) is 7.55. The van der Waals surface area contributed by atoms with Crippen LogP contribution in [0.1, 0.15) is 32.8 Å². The van der Waals surface area contributed by atoms with Crippen molar-refractivity contribution in [1.29, 1.82) is 0 Å². The molecule has 106 valence electrons. The molecule has 1 saturated heterocycles. The molecular weight excluding hydrogens is 258 g/mol. The number of rotatable bonds is 4. The number of hydrogen-bond acceptors (Lipinski definition) is 3. The molecule has 1 aliphatic rings. The molecule has 0 radical (unpaired) electrons. The van der Waals surface area contributed by atoms with E-state index in [2.05, 4.69) is 36.0 Å². The Hall–Kier alpha value is -0.640. The summed E-state index contributed by atoms with van der Waals surface area (Å²) in [6.45, 7) is 9.91. The maximum Gasteiger partial charge on any atom is 0.0634 e. The van der Waals surface area contributed by atoms with Crippen LogP contribution in [-0.2, 0) is 6.54 Å². The third kappa shape index (κ3) is 3.68. The van der Waals surface area contributed by atoms with Gasteiger partial charge in [0.2, 0.25) is 0 Å². The maximum absolute atomic E-state index is 6.24. The van der Waals surface area contributed by atoms with Crippen LogP contribution in [0.3, 0.4) is 0 Å². The summed E-state index contributed by atoms with van der Waals surface area (Å²) in [7, 11) is 0. The minimum atomic E-state index is 0.543. The quantitative estimate of drug-likeness (QED) is 0.920. The summed E-state index contributed by atoms with van der Waals surface area (Å²) in [6, 6.07) is 3.16. The third-order valence-corrected chi connectivity index (χ3v) is 4.52. The molecule has 4 heteroatoms. The van der Waals surface area contributed by atoms with Gasteiger partial charge >= 0.3 is 0 Å². The predicted octanol–water partition coefficient (Wildman–Crippen LogP) is 2.94. The Labute approximate surface area is 121 Å². The fourth-order valence-corrected chi connectivity index (χ4v) is 2.95. The van der Waals surface area contributed by atoms with Crippen LogP contribution in [-0.4, -0.2) is 35.1 Å². The number of piperazine rings is 1. The summed E-state index contributed by atoms with van der Waals surface area (Å²) in [4.78, 5) is 6.63. The van der Waals surface area contributed by atoms with E-state index >= 15 is 0 Å². The topological polar surface area (TPSA) is 28.2 Å². The molecule has 1 N–H and O–H groups in total. The number of halogens is 1. The Morgan fingerprint density at radius 2 is 2.37 bits per heavy atom. The molecule has 0 bridgehead atoms. The highest BCUT2D eigenvalue weighted by atomic mass is 35.5. The van der Waals surface area contributed by atoms with Gasteiger partial charge in [0.25, 0.3) is 0 Å². The van der Waals surface area contributed by atoms with E-state index in [1.165, 1.54) is 12.0 Å². The van der Waals surface area contributed by atoms with E-state index in [9.17, 15) is 0 Å². The van der Waals surface area contributed by atoms with Gasteiger partial charge in [-0.15, -0.1) is 0 Å². The molecule has 3 unspecified atom stereocenters. The highest BCUT2D eigenvalue weighted by Crippen LogP contribution is 2.23. The lowest BCUT2D eigenvalue weighted by Crippen LogP contribution is -2.57. The van der Waals surface area contributed by atoms with Crippen molar-refractivity contribution < 1.29 is 0 Å². The molecule has 3 atom stereocenters. The smallest absolute Gasteiger partial charge is 0.0634 e. The van der Waals surface area contributed by atoms with Gasteiger partial charge in [-0.2, -0.15) is 0 Å². The molecule has 1 aromatic heterocycles. The van der Waals surface area contributed by atoms with Crippen molar-refractivity contribution in [2.45, 2.75) is 45.8 Å². The standard InChI is InChI=1S/C15H24ClN3/c1-4-11(2)15-8-18-12(3)9-19(15)10-13-5-6-17-7-14(13)16/h5-7,11-12,15,18H,4,8-10H2,1-3H3. The van der Waals surface area contributed by atoms with Gasteiger partial charge in [-0.05, 0) is 24.5 Å². The van der Waals surface area contributed by atoms with Crippen LogP contribution >= 0.6 is 11.6 Å². The number of pyridine rings is 1. The van der Waals surface area contributed by atoms with Gasteiger partial charge in [-0.3, -0.25) is 9.88 Å². The Kier molecular flexibility index (Phi) is 5.20. The van der Waals surface area contributed by atoms with E-state index < -0.39 is 0 Å². The predicted molar refractivity (Wildman–Crippen MR) is 80.4 cm³/mol. The van der Waals surface area contributed by atoms with Crippen molar-refractivity contribution >= 4 is 11.6 Å². The number of aromatic nitrogens is 1. The van der Waals surface area contributed by atoms with Crippen LogP contribution in [0.15, 0.2) is 18.5 Å². The number of nitrogens with zero attached hydrogens (tertiary/aromatic N) is 2. The summed E-state index contributed by atoms with van der Waals surface area (Å²) in [5, 5.41) is 4.37. The van der Waals surface area contributed by atoms with Crippen molar-refractivity contribution in [1.82, 2.24) is 15.2 Å². The van der Waals surface area contributed by atoms with Gasteiger partial charge < -0.3 is 5.32 Å². The molecule has 0 spiro atoms. The van der Waals surface area contributed by atoms with Crippen LogP contribution in [0.5, 0.6) is 0 Å². The zero-order valence-electron chi connectivity index (χ0n) is 12.1. The summed E-state index contributed by atoms with van der Waals surface area (Å²) in [5.41, 5.74) is 1.18. The molecule has 2 heterocycles. The second kappa shape index (κ2) is 6.69. The van der Waals surface area contributed by atoms with Gasteiger partial charge in [-0.25, -0.2) is 0 Å². The lowest BCUT2D eigenvalue weighted by molar-refractivity contribution is 0.0885. The van der Waals surface area contributed by atoms with Gasteiger partial charge in [-0.1, -0.05) is 31.9 Å². The molecule has 0 aliphatic carbocycles. The minimum absolute atomic E-state index is 0.543. The van der Waals surface area contributed by atoms with Crippen LogP contribution in [0.25, 0.3) is 0 Å². The second-order valence-electron chi connectivity index (χ2n) is 5.66. The molecule has 0 amide bonds. The molecular formula is C15H24ClN3. The van der Waals surface area contributed by atoms with Crippen LogP contribution in [0, 0.1) is 5.92 Å². The number of nitrogens with one attached hydrogen (secondary N) is 1. The van der Waals surface area contributed by atoms with Gasteiger partial charge in [0.05, 0.1) is 5.02 Å². The van der Waals surface area contributed by atoms with E-state index in [0.29, 0.717) is 18.0 Å².